The number of methoxy groups -OCH3 is 2. The van der Waals surface area contributed by atoms with Crippen LogP contribution in [0.2, 0.25) is 0 Å². The molecule has 1 aliphatic heterocycles. The van der Waals surface area contributed by atoms with Crippen LogP contribution in [0.15, 0.2) is 41.8 Å². The molecule has 0 unspecified atom stereocenters. The van der Waals surface area contributed by atoms with E-state index in [0.717, 1.165) is 22.6 Å². The second kappa shape index (κ2) is 7.62. The lowest BCUT2D eigenvalue weighted by atomic mass is 10.1. The minimum absolute atomic E-state index is 0.227. The molecule has 6 nitrogen and oxygen atoms in total. The minimum atomic E-state index is 0.227. The smallest absolute Gasteiger partial charge is 0.231 e. The van der Waals surface area contributed by atoms with Crippen molar-refractivity contribution in [2.75, 3.05) is 21.0 Å². The summed E-state index contributed by atoms with van der Waals surface area (Å²) in [4.78, 5) is 4.63. The van der Waals surface area contributed by atoms with Gasteiger partial charge in [-0.15, -0.1) is 11.3 Å². The fourth-order valence-electron chi connectivity index (χ4n) is 2.91. The van der Waals surface area contributed by atoms with Crippen LogP contribution in [0, 0.1) is 11.3 Å². The number of rotatable bonds is 5. The molecule has 0 aliphatic carbocycles. The van der Waals surface area contributed by atoms with Crippen molar-refractivity contribution in [2.24, 2.45) is 0 Å². The fourth-order valence-corrected chi connectivity index (χ4v) is 3.70. The average molecular weight is 392 g/mol. The minimum Gasteiger partial charge on any atom is -0.493 e. The normalized spacial score (nSPS) is 12.5. The predicted octanol–water partition coefficient (Wildman–Crippen LogP) is 4.62. The molecule has 2 aromatic carbocycles. The van der Waals surface area contributed by atoms with Crippen molar-refractivity contribution in [3.8, 4) is 40.3 Å². The van der Waals surface area contributed by atoms with Crippen LogP contribution in [-0.2, 0) is 0 Å². The Morgan fingerprint density at radius 3 is 2.82 bits per heavy atom. The number of hydrogen-bond donors (Lipinski definition) is 0. The second-order valence-corrected chi connectivity index (χ2v) is 6.72. The fraction of sp³-hybridized carbons (Fsp3) is 0.143. The maximum absolute atomic E-state index is 9.68. The van der Waals surface area contributed by atoms with Gasteiger partial charge in [0, 0.05) is 16.5 Å². The molecule has 0 spiro atoms. The number of aromatic nitrogens is 1. The monoisotopic (exact) mass is 392 g/mol. The largest absolute Gasteiger partial charge is 0.493 e. The van der Waals surface area contributed by atoms with Crippen molar-refractivity contribution in [3.63, 3.8) is 0 Å². The molecule has 0 amide bonds. The van der Waals surface area contributed by atoms with Gasteiger partial charge in [0.2, 0.25) is 6.79 Å². The number of allylic oxidation sites excluding steroid dienone is 1. The first-order valence-corrected chi connectivity index (χ1v) is 9.30. The van der Waals surface area contributed by atoms with Crippen LogP contribution < -0.4 is 18.9 Å². The first-order valence-electron chi connectivity index (χ1n) is 8.42. The van der Waals surface area contributed by atoms with Gasteiger partial charge in [-0.3, -0.25) is 0 Å². The standard InChI is InChI=1S/C21H16N2O4S/c1-24-18-5-3-4-14(20(18)25-2)8-15(10-22)21-23-16(11-28-21)13-6-7-17-19(9-13)27-12-26-17/h3-9,11H,12H2,1-2H3/b15-8-. The highest BCUT2D eigenvalue weighted by atomic mass is 32.1. The molecule has 1 aliphatic rings. The topological polar surface area (TPSA) is 73.6 Å². The summed E-state index contributed by atoms with van der Waals surface area (Å²) in [5.74, 6) is 2.60. The molecular formula is C21H16N2O4S. The number of benzene rings is 2. The summed E-state index contributed by atoms with van der Waals surface area (Å²) < 4.78 is 21.5. The summed E-state index contributed by atoms with van der Waals surface area (Å²) in [6, 6.07) is 13.4. The molecular weight excluding hydrogens is 376 g/mol. The Hall–Kier alpha value is -3.50. The molecule has 4 rings (SSSR count). The van der Waals surface area contributed by atoms with Crippen molar-refractivity contribution in [1.29, 1.82) is 5.26 Å². The van der Waals surface area contributed by atoms with E-state index < -0.39 is 0 Å². The first kappa shape index (κ1) is 17.9. The maximum atomic E-state index is 9.68. The SMILES string of the molecule is COc1cccc(/C=C(/C#N)c2nc(-c3ccc4c(c3)OCO4)cs2)c1OC. The van der Waals surface area contributed by atoms with E-state index in [9.17, 15) is 5.26 Å². The second-order valence-electron chi connectivity index (χ2n) is 5.86. The molecule has 0 fully saturated rings. The van der Waals surface area contributed by atoms with Crippen LogP contribution >= 0.6 is 11.3 Å². The number of thiazole rings is 1. The molecule has 1 aromatic heterocycles. The highest BCUT2D eigenvalue weighted by Crippen LogP contribution is 2.37. The van der Waals surface area contributed by atoms with Gasteiger partial charge in [0.15, 0.2) is 23.0 Å². The third-order valence-corrected chi connectivity index (χ3v) is 5.13. The van der Waals surface area contributed by atoms with E-state index in [1.165, 1.54) is 11.3 Å². The van der Waals surface area contributed by atoms with Crippen LogP contribution in [0.5, 0.6) is 23.0 Å². The highest BCUT2D eigenvalue weighted by Gasteiger charge is 2.16. The number of para-hydroxylation sites is 1. The van der Waals surface area contributed by atoms with Crippen molar-refractivity contribution in [2.45, 2.75) is 0 Å². The molecule has 0 radical (unpaired) electrons. The van der Waals surface area contributed by atoms with Gasteiger partial charge in [0.25, 0.3) is 0 Å². The van der Waals surface area contributed by atoms with Gasteiger partial charge in [0.1, 0.15) is 11.1 Å². The highest BCUT2D eigenvalue weighted by molar-refractivity contribution is 7.11. The van der Waals surface area contributed by atoms with Crippen LogP contribution in [-0.4, -0.2) is 26.0 Å². The van der Waals surface area contributed by atoms with Crippen molar-refractivity contribution in [3.05, 3.63) is 52.3 Å². The third-order valence-electron chi connectivity index (χ3n) is 4.26. The van der Waals surface area contributed by atoms with Gasteiger partial charge in [-0.1, -0.05) is 12.1 Å². The van der Waals surface area contributed by atoms with Gasteiger partial charge in [-0.05, 0) is 30.3 Å². The molecule has 0 saturated carbocycles. The molecule has 28 heavy (non-hydrogen) atoms. The van der Waals surface area contributed by atoms with Crippen molar-refractivity contribution < 1.29 is 18.9 Å². The van der Waals surface area contributed by atoms with E-state index in [1.54, 1.807) is 20.3 Å². The van der Waals surface area contributed by atoms with Crippen molar-refractivity contribution >= 4 is 23.0 Å². The molecule has 2 heterocycles. The third kappa shape index (κ3) is 3.26. The lowest BCUT2D eigenvalue weighted by Gasteiger charge is -2.10. The maximum Gasteiger partial charge on any atom is 0.231 e. The van der Waals surface area contributed by atoms with Gasteiger partial charge in [0.05, 0.1) is 25.5 Å². The Morgan fingerprint density at radius 2 is 2.04 bits per heavy atom. The molecule has 7 heteroatoms. The van der Waals surface area contributed by atoms with Crippen LogP contribution in [0.1, 0.15) is 10.6 Å². The first-order chi connectivity index (χ1) is 13.7. The van der Waals surface area contributed by atoms with E-state index in [0.29, 0.717) is 27.8 Å². The van der Waals surface area contributed by atoms with Crippen molar-refractivity contribution in [1.82, 2.24) is 4.98 Å². The summed E-state index contributed by atoms with van der Waals surface area (Å²) in [7, 11) is 3.15. The van der Waals surface area contributed by atoms with E-state index in [4.69, 9.17) is 18.9 Å². The van der Waals surface area contributed by atoms with E-state index in [1.807, 2.05) is 41.8 Å². The lowest BCUT2D eigenvalue weighted by molar-refractivity contribution is 0.174. The van der Waals surface area contributed by atoms with E-state index in [2.05, 4.69) is 11.1 Å². The van der Waals surface area contributed by atoms with Gasteiger partial charge in [-0.25, -0.2) is 4.98 Å². The van der Waals surface area contributed by atoms with Crippen LogP contribution in [0.3, 0.4) is 0 Å². The molecule has 0 N–H and O–H groups in total. The zero-order valence-corrected chi connectivity index (χ0v) is 16.1. The quantitative estimate of drug-likeness (QED) is 0.590. The number of nitrogens with zero attached hydrogens (tertiary/aromatic N) is 2. The lowest BCUT2D eigenvalue weighted by Crippen LogP contribution is -1.93. The van der Waals surface area contributed by atoms with Crippen LogP contribution in [0.25, 0.3) is 22.9 Å². The zero-order chi connectivity index (χ0) is 19.5. The Balaban J connectivity index is 1.69. The predicted molar refractivity (Wildman–Crippen MR) is 107 cm³/mol. The summed E-state index contributed by atoms with van der Waals surface area (Å²) in [5.41, 5.74) is 2.88. The Labute approximate surface area is 166 Å². The average Bonchev–Trinajstić information content (AvgIpc) is 3.40. The number of nitriles is 1. The van der Waals surface area contributed by atoms with E-state index >= 15 is 0 Å². The molecule has 0 bridgehead atoms. The van der Waals surface area contributed by atoms with Gasteiger partial charge < -0.3 is 18.9 Å². The molecule has 0 saturated heterocycles. The van der Waals surface area contributed by atoms with E-state index in [-0.39, 0.29) is 6.79 Å². The Kier molecular flexibility index (Phi) is 4.87. The number of hydrogen-bond acceptors (Lipinski definition) is 7. The van der Waals surface area contributed by atoms with Crippen LogP contribution in [0.4, 0.5) is 0 Å². The Bertz CT molecular complexity index is 1100. The Morgan fingerprint density at radius 1 is 1.18 bits per heavy atom. The summed E-state index contributed by atoms with van der Waals surface area (Å²) >= 11 is 1.41. The van der Waals surface area contributed by atoms with Gasteiger partial charge >= 0.3 is 0 Å². The molecule has 140 valence electrons. The summed E-state index contributed by atoms with van der Waals surface area (Å²) in [6.07, 6.45) is 1.75. The van der Waals surface area contributed by atoms with Gasteiger partial charge in [-0.2, -0.15) is 5.26 Å². The summed E-state index contributed by atoms with van der Waals surface area (Å²) in [6.45, 7) is 0.227. The number of ether oxygens (including phenoxy) is 4. The molecule has 3 aromatic rings. The molecule has 0 atom stereocenters. The number of fused-ring (bicyclic) bond motifs is 1. The zero-order valence-electron chi connectivity index (χ0n) is 15.3. The summed E-state index contributed by atoms with van der Waals surface area (Å²) in [5, 5.41) is 12.2.